The standard InChI is InChI=1S/C20H17ClN4O2S/c1-11-2-7-14-15(8-11)28-19-17(14)20(26)25(10-22-19)9-16-23-18(24-27-16)12-3-5-13(21)6-4-12/h3-6,10-11H,2,7-9H2,1H3. The summed E-state index contributed by atoms with van der Waals surface area (Å²) in [5, 5.41) is 5.41. The van der Waals surface area contributed by atoms with Crippen molar-refractivity contribution >= 4 is 33.2 Å². The maximum atomic E-state index is 13.1. The molecule has 1 aromatic carbocycles. The van der Waals surface area contributed by atoms with Gasteiger partial charge in [-0.15, -0.1) is 11.3 Å². The Hall–Kier alpha value is -2.51. The van der Waals surface area contributed by atoms with Gasteiger partial charge in [0.05, 0.1) is 11.7 Å². The predicted octanol–water partition coefficient (Wildman–Crippen LogP) is 4.33. The monoisotopic (exact) mass is 412 g/mol. The summed E-state index contributed by atoms with van der Waals surface area (Å²) >= 11 is 7.57. The number of aromatic nitrogens is 4. The molecule has 0 amide bonds. The average molecular weight is 413 g/mol. The molecule has 28 heavy (non-hydrogen) atoms. The number of fused-ring (bicyclic) bond motifs is 3. The molecule has 142 valence electrons. The van der Waals surface area contributed by atoms with Gasteiger partial charge in [-0.2, -0.15) is 4.98 Å². The zero-order valence-corrected chi connectivity index (χ0v) is 16.8. The van der Waals surface area contributed by atoms with Crippen molar-refractivity contribution in [3.63, 3.8) is 0 Å². The van der Waals surface area contributed by atoms with Gasteiger partial charge in [0, 0.05) is 15.5 Å². The quantitative estimate of drug-likeness (QED) is 0.500. The average Bonchev–Trinajstić information content (AvgIpc) is 3.29. The Morgan fingerprint density at radius 1 is 1.32 bits per heavy atom. The van der Waals surface area contributed by atoms with Gasteiger partial charge in [0.2, 0.25) is 11.7 Å². The molecule has 3 aromatic heterocycles. The lowest BCUT2D eigenvalue weighted by molar-refractivity contribution is 0.369. The minimum Gasteiger partial charge on any atom is -0.337 e. The Kier molecular flexibility index (Phi) is 4.29. The van der Waals surface area contributed by atoms with Gasteiger partial charge in [0.15, 0.2) is 0 Å². The number of halogens is 1. The maximum Gasteiger partial charge on any atom is 0.262 e. The number of nitrogens with zero attached hydrogens (tertiary/aromatic N) is 4. The number of benzene rings is 1. The summed E-state index contributed by atoms with van der Waals surface area (Å²) in [5.41, 5.74) is 1.95. The van der Waals surface area contributed by atoms with E-state index in [1.54, 1.807) is 34.4 Å². The lowest BCUT2D eigenvalue weighted by Crippen LogP contribution is -2.22. The van der Waals surface area contributed by atoms with E-state index in [9.17, 15) is 4.79 Å². The highest BCUT2D eigenvalue weighted by atomic mass is 35.5. The Labute approximate surface area is 169 Å². The number of hydrogen-bond acceptors (Lipinski definition) is 6. The SMILES string of the molecule is CC1CCc2c(sc3ncn(Cc4nc(-c5ccc(Cl)cc5)no4)c(=O)c23)C1. The third-order valence-electron chi connectivity index (χ3n) is 5.16. The molecule has 0 saturated carbocycles. The largest absolute Gasteiger partial charge is 0.337 e. The van der Waals surface area contributed by atoms with Crippen LogP contribution in [0.5, 0.6) is 0 Å². The summed E-state index contributed by atoms with van der Waals surface area (Å²) in [6.45, 7) is 2.45. The first-order chi connectivity index (χ1) is 13.6. The van der Waals surface area contributed by atoms with Crippen molar-refractivity contribution in [3.05, 3.63) is 62.3 Å². The highest BCUT2D eigenvalue weighted by Crippen LogP contribution is 2.35. The second-order valence-corrected chi connectivity index (χ2v) is 8.75. The van der Waals surface area contributed by atoms with Crippen LogP contribution in [0.2, 0.25) is 5.02 Å². The van der Waals surface area contributed by atoms with Gasteiger partial charge in [-0.25, -0.2) is 4.98 Å². The van der Waals surface area contributed by atoms with Crippen LogP contribution < -0.4 is 5.56 Å². The fourth-order valence-corrected chi connectivity index (χ4v) is 5.13. The first kappa shape index (κ1) is 17.6. The summed E-state index contributed by atoms with van der Waals surface area (Å²) in [5.74, 6) is 1.49. The second kappa shape index (κ2) is 6.83. The first-order valence-corrected chi connectivity index (χ1v) is 10.4. The maximum absolute atomic E-state index is 13.1. The summed E-state index contributed by atoms with van der Waals surface area (Å²) in [4.78, 5) is 24.1. The van der Waals surface area contributed by atoms with Crippen LogP contribution in [0.3, 0.4) is 0 Å². The van der Waals surface area contributed by atoms with E-state index in [0.29, 0.717) is 22.7 Å². The van der Waals surface area contributed by atoms with Gasteiger partial charge >= 0.3 is 0 Å². The van der Waals surface area contributed by atoms with Crippen molar-refractivity contribution in [3.8, 4) is 11.4 Å². The predicted molar refractivity (Wildman–Crippen MR) is 109 cm³/mol. The molecule has 0 spiro atoms. The third kappa shape index (κ3) is 3.04. The molecule has 0 fully saturated rings. The molecule has 0 bridgehead atoms. The fraction of sp³-hybridized carbons (Fsp3) is 0.300. The minimum absolute atomic E-state index is 0.0386. The van der Waals surface area contributed by atoms with Crippen LogP contribution in [0.1, 0.15) is 29.7 Å². The third-order valence-corrected chi connectivity index (χ3v) is 6.57. The number of hydrogen-bond donors (Lipinski definition) is 0. The van der Waals surface area contributed by atoms with E-state index in [1.807, 2.05) is 12.1 Å². The first-order valence-electron chi connectivity index (χ1n) is 9.16. The van der Waals surface area contributed by atoms with Gasteiger partial charge < -0.3 is 4.52 Å². The van der Waals surface area contributed by atoms with Crippen LogP contribution in [-0.2, 0) is 19.4 Å². The highest BCUT2D eigenvalue weighted by Gasteiger charge is 2.23. The number of aryl methyl sites for hydroxylation is 1. The molecule has 0 aliphatic heterocycles. The summed E-state index contributed by atoms with van der Waals surface area (Å²) in [7, 11) is 0. The Balaban J connectivity index is 1.48. The van der Waals surface area contributed by atoms with E-state index in [4.69, 9.17) is 16.1 Å². The van der Waals surface area contributed by atoms with E-state index in [-0.39, 0.29) is 12.1 Å². The summed E-state index contributed by atoms with van der Waals surface area (Å²) in [6, 6.07) is 7.20. The van der Waals surface area contributed by atoms with Crippen molar-refractivity contribution < 1.29 is 4.52 Å². The summed E-state index contributed by atoms with van der Waals surface area (Å²) < 4.78 is 6.90. The molecule has 4 aromatic rings. The zero-order chi connectivity index (χ0) is 19.3. The van der Waals surface area contributed by atoms with Gasteiger partial charge in [0.1, 0.15) is 11.4 Å². The molecule has 0 N–H and O–H groups in total. The van der Waals surface area contributed by atoms with E-state index in [0.717, 1.165) is 35.0 Å². The van der Waals surface area contributed by atoms with Crippen molar-refractivity contribution in [1.29, 1.82) is 0 Å². The van der Waals surface area contributed by atoms with Gasteiger partial charge in [-0.1, -0.05) is 23.7 Å². The normalized spacial score (nSPS) is 16.4. The molecule has 3 heterocycles. The molecular weight excluding hydrogens is 396 g/mol. The molecule has 1 aliphatic carbocycles. The van der Waals surface area contributed by atoms with Crippen LogP contribution in [0.15, 0.2) is 39.9 Å². The number of thiophene rings is 1. The molecule has 1 atom stereocenters. The Bertz CT molecular complexity index is 1230. The van der Waals surface area contributed by atoms with E-state index in [1.165, 1.54) is 10.4 Å². The molecule has 6 nitrogen and oxygen atoms in total. The molecule has 1 unspecified atom stereocenters. The highest BCUT2D eigenvalue weighted by molar-refractivity contribution is 7.18. The summed E-state index contributed by atoms with van der Waals surface area (Å²) in [6.07, 6.45) is 4.66. The lowest BCUT2D eigenvalue weighted by Gasteiger charge is -2.17. The Morgan fingerprint density at radius 3 is 2.96 bits per heavy atom. The van der Waals surface area contributed by atoms with E-state index in [2.05, 4.69) is 22.0 Å². The van der Waals surface area contributed by atoms with Crippen LogP contribution in [0.25, 0.3) is 21.6 Å². The van der Waals surface area contributed by atoms with Crippen molar-refractivity contribution in [2.24, 2.45) is 5.92 Å². The molecule has 0 radical (unpaired) electrons. The topological polar surface area (TPSA) is 73.8 Å². The van der Waals surface area contributed by atoms with Crippen molar-refractivity contribution in [2.75, 3.05) is 0 Å². The molecule has 5 rings (SSSR count). The van der Waals surface area contributed by atoms with Gasteiger partial charge in [-0.05, 0) is 55.0 Å². The molecule has 0 saturated heterocycles. The van der Waals surface area contributed by atoms with Crippen molar-refractivity contribution in [1.82, 2.24) is 19.7 Å². The van der Waals surface area contributed by atoms with E-state index >= 15 is 0 Å². The van der Waals surface area contributed by atoms with Crippen LogP contribution in [0.4, 0.5) is 0 Å². The zero-order valence-electron chi connectivity index (χ0n) is 15.2. The molecular formula is C20H17ClN4O2S. The Morgan fingerprint density at radius 2 is 2.14 bits per heavy atom. The van der Waals surface area contributed by atoms with E-state index < -0.39 is 0 Å². The van der Waals surface area contributed by atoms with Gasteiger partial charge in [-0.3, -0.25) is 9.36 Å². The van der Waals surface area contributed by atoms with Crippen LogP contribution >= 0.6 is 22.9 Å². The van der Waals surface area contributed by atoms with Crippen molar-refractivity contribution in [2.45, 2.75) is 32.7 Å². The smallest absolute Gasteiger partial charge is 0.262 e. The lowest BCUT2D eigenvalue weighted by atomic mass is 9.89. The number of rotatable bonds is 3. The fourth-order valence-electron chi connectivity index (χ4n) is 3.66. The van der Waals surface area contributed by atoms with Crippen LogP contribution in [0, 0.1) is 5.92 Å². The molecule has 8 heteroatoms. The second-order valence-electron chi connectivity index (χ2n) is 7.23. The van der Waals surface area contributed by atoms with Crippen LogP contribution in [-0.4, -0.2) is 19.7 Å². The van der Waals surface area contributed by atoms with Gasteiger partial charge in [0.25, 0.3) is 5.56 Å². The minimum atomic E-state index is -0.0386. The molecule has 1 aliphatic rings.